The lowest BCUT2D eigenvalue weighted by molar-refractivity contribution is 0.507. The smallest absolute Gasteiger partial charge is 0.191 e. The molecule has 0 bridgehead atoms. The second kappa shape index (κ2) is 8.96. The fourth-order valence-corrected chi connectivity index (χ4v) is 2.35. The number of furan rings is 1. The summed E-state index contributed by atoms with van der Waals surface area (Å²) in [6, 6.07) is 3.88. The lowest BCUT2D eigenvalue weighted by Crippen LogP contribution is -2.39. The molecule has 130 valence electrons. The molecule has 0 saturated heterocycles. The van der Waals surface area contributed by atoms with Gasteiger partial charge < -0.3 is 15.1 Å². The maximum absolute atomic E-state index is 5.35. The summed E-state index contributed by atoms with van der Waals surface area (Å²) < 4.78 is 7.19. The Labute approximate surface area is 143 Å². The summed E-state index contributed by atoms with van der Waals surface area (Å²) >= 11 is 0. The van der Waals surface area contributed by atoms with Crippen LogP contribution in [0.3, 0.4) is 0 Å². The van der Waals surface area contributed by atoms with Crippen LogP contribution in [0.5, 0.6) is 0 Å². The van der Waals surface area contributed by atoms with Crippen molar-refractivity contribution in [1.82, 2.24) is 20.4 Å². The van der Waals surface area contributed by atoms with Crippen molar-refractivity contribution >= 4 is 5.96 Å². The molecule has 6 nitrogen and oxygen atoms in total. The predicted molar refractivity (Wildman–Crippen MR) is 97.0 cm³/mol. The molecule has 0 unspecified atom stereocenters. The highest BCUT2D eigenvalue weighted by atomic mass is 16.3. The summed E-state index contributed by atoms with van der Waals surface area (Å²) in [6.45, 7) is 10.1. The Morgan fingerprint density at radius 2 is 2.25 bits per heavy atom. The van der Waals surface area contributed by atoms with E-state index in [1.54, 1.807) is 6.26 Å². The largest absolute Gasteiger partial charge is 0.469 e. The first kappa shape index (κ1) is 17.8. The summed E-state index contributed by atoms with van der Waals surface area (Å²) in [5, 5.41) is 11.1. The van der Waals surface area contributed by atoms with Crippen molar-refractivity contribution in [1.29, 1.82) is 0 Å². The van der Waals surface area contributed by atoms with E-state index in [0.29, 0.717) is 13.1 Å². The van der Waals surface area contributed by atoms with Crippen molar-refractivity contribution in [2.45, 2.75) is 33.2 Å². The Kier molecular flexibility index (Phi) is 6.66. The van der Waals surface area contributed by atoms with Gasteiger partial charge in [0.1, 0.15) is 5.76 Å². The molecule has 0 aliphatic carbocycles. The van der Waals surface area contributed by atoms with Gasteiger partial charge in [-0.25, -0.2) is 4.99 Å². The van der Waals surface area contributed by atoms with E-state index in [-0.39, 0.29) is 0 Å². The third-order valence-corrected chi connectivity index (χ3v) is 3.54. The molecule has 2 N–H and O–H groups in total. The maximum Gasteiger partial charge on any atom is 0.191 e. The van der Waals surface area contributed by atoms with Crippen LogP contribution >= 0.6 is 0 Å². The molecule has 2 rings (SSSR count). The number of rotatable bonds is 8. The molecule has 0 amide bonds. The van der Waals surface area contributed by atoms with Gasteiger partial charge in [-0.05, 0) is 25.5 Å². The van der Waals surface area contributed by atoms with Crippen LogP contribution in [0.25, 0.3) is 0 Å². The van der Waals surface area contributed by atoms with E-state index in [0.717, 1.165) is 47.9 Å². The van der Waals surface area contributed by atoms with E-state index in [1.807, 2.05) is 37.0 Å². The zero-order chi connectivity index (χ0) is 17.4. The van der Waals surface area contributed by atoms with Crippen molar-refractivity contribution in [3.05, 3.63) is 53.8 Å². The lowest BCUT2D eigenvalue weighted by atomic mass is 10.2. The third-order valence-electron chi connectivity index (χ3n) is 3.54. The van der Waals surface area contributed by atoms with Gasteiger partial charge in [0.15, 0.2) is 5.96 Å². The Morgan fingerprint density at radius 1 is 1.42 bits per heavy atom. The second-order valence-electron chi connectivity index (χ2n) is 5.86. The first-order valence-electron chi connectivity index (χ1n) is 8.28. The normalized spacial score (nSPS) is 11.5. The topological polar surface area (TPSA) is 67.4 Å². The number of hydrogen-bond acceptors (Lipinski definition) is 3. The molecule has 2 aromatic heterocycles. The molecule has 0 saturated carbocycles. The van der Waals surface area contributed by atoms with Crippen LogP contribution in [0.2, 0.25) is 0 Å². The van der Waals surface area contributed by atoms with Crippen LogP contribution in [0, 0.1) is 0 Å². The number of aryl methyl sites for hydroxylation is 2. The predicted octanol–water partition coefficient (Wildman–Crippen LogP) is 2.43. The number of nitrogens with zero attached hydrogens (tertiary/aromatic N) is 3. The van der Waals surface area contributed by atoms with Gasteiger partial charge in [0, 0.05) is 38.3 Å². The average Bonchev–Trinajstić information content (AvgIpc) is 3.18. The van der Waals surface area contributed by atoms with Gasteiger partial charge in [0.2, 0.25) is 0 Å². The molecule has 0 aliphatic heterocycles. The van der Waals surface area contributed by atoms with Gasteiger partial charge in [-0.3, -0.25) is 4.68 Å². The van der Waals surface area contributed by atoms with Crippen LogP contribution in [0.15, 0.2) is 46.2 Å². The second-order valence-corrected chi connectivity index (χ2v) is 5.86. The van der Waals surface area contributed by atoms with Crippen molar-refractivity contribution in [3.8, 4) is 0 Å². The Morgan fingerprint density at radius 3 is 2.92 bits per heavy atom. The highest BCUT2D eigenvalue weighted by molar-refractivity contribution is 5.80. The van der Waals surface area contributed by atoms with Crippen LogP contribution in [0.4, 0.5) is 0 Å². The average molecular weight is 329 g/mol. The molecule has 0 atom stereocenters. The molecule has 0 aliphatic rings. The molecule has 2 aromatic rings. The van der Waals surface area contributed by atoms with Crippen molar-refractivity contribution in [3.63, 3.8) is 0 Å². The maximum atomic E-state index is 5.35. The van der Waals surface area contributed by atoms with E-state index in [9.17, 15) is 0 Å². The van der Waals surface area contributed by atoms with Gasteiger partial charge >= 0.3 is 0 Å². The zero-order valence-electron chi connectivity index (χ0n) is 14.8. The molecule has 0 spiro atoms. The van der Waals surface area contributed by atoms with Crippen LogP contribution in [-0.4, -0.2) is 28.8 Å². The standard InChI is InChI=1S/C18H27N5O/c1-5-17-15(13-23(4)22-17)12-21-18(20-11-14(2)3)19-9-8-16-7-6-10-24-16/h6-7,10,13H,2,5,8-9,11-12H2,1,3-4H3,(H2,19,20,21). The molecule has 0 radical (unpaired) electrons. The number of nitrogens with one attached hydrogen (secondary N) is 2. The number of guanidine groups is 1. The van der Waals surface area contributed by atoms with Crippen molar-refractivity contribution < 1.29 is 4.42 Å². The molecular weight excluding hydrogens is 302 g/mol. The molecule has 24 heavy (non-hydrogen) atoms. The van der Waals surface area contributed by atoms with Gasteiger partial charge in [-0.1, -0.05) is 19.1 Å². The Bertz CT molecular complexity index is 670. The van der Waals surface area contributed by atoms with Gasteiger partial charge in [-0.2, -0.15) is 5.10 Å². The van der Waals surface area contributed by atoms with Crippen LogP contribution < -0.4 is 10.6 Å². The summed E-state index contributed by atoms with van der Waals surface area (Å²) in [7, 11) is 1.94. The van der Waals surface area contributed by atoms with E-state index < -0.39 is 0 Å². The Balaban J connectivity index is 1.96. The minimum absolute atomic E-state index is 0.600. The molecular formula is C18H27N5O. The summed E-state index contributed by atoms with van der Waals surface area (Å²) in [6.07, 6.45) is 5.44. The van der Waals surface area contributed by atoms with Crippen LogP contribution in [-0.2, 0) is 26.4 Å². The van der Waals surface area contributed by atoms with E-state index in [2.05, 4.69) is 34.2 Å². The van der Waals surface area contributed by atoms with Crippen LogP contribution in [0.1, 0.15) is 30.9 Å². The molecule has 2 heterocycles. The SMILES string of the molecule is C=C(C)CNC(=NCc1cn(C)nc1CC)NCCc1ccco1. The van der Waals surface area contributed by atoms with E-state index in [1.165, 1.54) is 0 Å². The zero-order valence-corrected chi connectivity index (χ0v) is 14.8. The molecule has 0 fully saturated rings. The van der Waals surface area contributed by atoms with Gasteiger partial charge in [0.25, 0.3) is 0 Å². The highest BCUT2D eigenvalue weighted by Crippen LogP contribution is 2.08. The van der Waals surface area contributed by atoms with E-state index in [4.69, 9.17) is 4.42 Å². The summed E-state index contributed by atoms with van der Waals surface area (Å²) in [5.41, 5.74) is 3.31. The minimum atomic E-state index is 0.600. The monoisotopic (exact) mass is 329 g/mol. The first-order valence-corrected chi connectivity index (χ1v) is 8.28. The number of aromatic nitrogens is 2. The lowest BCUT2D eigenvalue weighted by Gasteiger charge is -2.12. The third kappa shape index (κ3) is 5.61. The highest BCUT2D eigenvalue weighted by Gasteiger charge is 2.06. The first-order chi connectivity index (χ1) is 11.6. The fraction of sp³-hybridized carbons (Fsp3) is 0.444. The summed E-state index contributed by atoms with van der Waals surface area (Å²) in [5.74, 6) is 1.73. The quantitative estimate of drug-likeness (QED) is 0.443. The van der Waals surface area contributed by atoms with Crippen molar-refractivity contribution in [2.75, 3.05) is 13.1 Å². The van der Waals surface area contributed by atoms with Gasteiger partial charge in [0.05, 0.1) is 18.5 Å². The summed E-state index contributed by atoms with van der Waals surface area (Å²) in [4.78, 5) is 4.68. The van der Waals surface area contributed by atoms with Crippen molar-refractivity contribution in [2.24, 2.45) is 12.0 Å². The van der Waals surface area contributed by atoms with Gasteiger partial charge in [-0.15, -0.1) is 0 Å². The molecule has 6 heteroatoms. The number of hydrogen-bond donors (Lipinski definition) is 2. The fourth-order valence-electron chi connectivity index (χ4n) is 2.35. The van der Waals surface area contributed by atoms with E-state index >= 15 is 0 Å². The number of aliphatic imine (C=N–C) groups is 1. The Hall–Kier alpha value is -2.50. The molecule has 0 aromatic carbocycles. The minimum Gasteiger partial charge on any atom is -0.469 e.